The van der Waals surface area contributed by atoms with Gasteiger partial charge in [-0.25, -0.2) is 4.98 Å². The minimum atomic E-state index is -4.81. The van der Waals surface area contributed by atoms with Gasteiger partial charge in [0.2, 0.25) is 5.91 Å². The van der Waals surface area contributed by atoms with Gasteiger partial charge in [0.25, 0.3) is 5.91 Å². The van der Waals surface area contributed by atoms with E-state index in [1.165, 1.54) is 30.1 Å². The molecule has 0 saturated heterocycles. The molecule has 3 aromatic rings. The molecule has 1 aromatic carbocycles. The molecule has 1 unspecified atom stereocenters. The van der Waals surface area contributed by atoms with Crippen molar-refractivity contribution < 1.29 is 32.2 Å². The number of hydrogen-bond acceptors (Lipinski definition) is 8. The molecule has 2 aromatic heterocycles. The molecule has 0 spiro atoms. The molecule has 0 aliphatic rings. The van der Waals surface area contributed by atoms with Crippen molar-refractivity contribution in [2.45, 2.75) is 23.2 Å². The van der Waals surface area contributed by atoms with E-state index in [2.05, 4.69) is 30.7 Å². The second-order valence-corrected chi connectivity index (χ2v) is 8.85. The SMILES string of the molecule is COCCCNCC(=O)NC(Sc1ncccc1C(=O)Nc1ccc(OC(F)(F)F)cc1)c1ccncc1. The lowest BCUT2D eigenvalue weighted by molar-refractivity contribution is -0.274. The number of carbonyl (C=O) groups is 2. The van der Waals surface area contributed by atoms with Crippen LogP contribution in [0.15, 0.2) is 72.1 Å². The Morgan fingerprint density at radius 1 is 1.05 bits per heavy atom. The van der Waals surface area contributed by atoms with Crippen LogP contribution in [0.5, 0.6) is 5.75 Å². The third-order valence-corrected chi connectivity index (χ3v) is 6.05. The van der Waals surface area contributed by atoms with Crippen molar-refractivity contribution in [3.05, 3.63) is 78.2 Å². The number of ether oxygens (including phenoxy) is 2. The third-order valence-electron chi connectivity index (χ3n) is 4.88. The minimum absolute atomic E-state index is 0.0927. The van der Waals surface area contributed by atoms with Gasteiger partial charge in [-0.05, 0) is 67.1 Å². The Bertz CT molecular complexity index is 1180. The van der Waals surface area contributed by atoms with E-state index in [-0.39, 0.29) is 23.7 Å². The summed E-state index contributed by atoms with van der Waals surface area (Å²) in [5.41, 5.74) is 1.23. The van der Waals surface area contributed by atoms with Gasteiger partial charge >= 0.3 is 6.36 Å². The number of alkyl halides is 3. The Balaban J connectivity index is 1.71. The zero-order valence-corrected chi connectivity index (χ0v) is 21.1. The summed E-state index contributed by atoms with van der Waals surface area (Å²) in [6, 6.07) is 11.4. The van der Waals surface area contributed by atoms with Gasteiger partial charge < -0.3 is 25.4 Å². The fourth-order valence-electron chi connectivity index (χ4n) is 3.17. The summed E-state index contributed by atoms with van der Waals surface area (Å²) in [7, 11) is 1.61. The molecular weight excluding hydrogens is 523 g/mol. The lowest BCUT2D eigenvalue weighted by atomic mass is 10.2. The lowest BCUT2D eigenvalue weighted by Crippen LogP contribution is -2.36. The standard InChI is InChI=1S/C25H26F3N5O4S/c1-36-15-3-11-30-16-21(34)33-23(17-9-13-29-14-10-17)38-24-20(4-2-12-31-24)22(35)32-18-5-7-19(8-6-18)37-25(26,27)28/h2,4-10,12-14,23,30H,3,11,15-16H2,1H3,(H,32,35)(H,33,34). The summed E-state index contributed by atoms with van der Waals surface area (Å²) < 4.78 is 46.0. The summed E-state index contributed by atoms with van der Waals surface area (Å²) >= 11 is 1.17. The first-order valence-electron chi connectivity index (χ1n) is 11.4. The first kappa shape index (κ1) is 28.9. The topological polar surface area (TPSA) is 114 Å². The first-order valence-corrected chi connectivity index (χ1v) is 12.3. The summed E-state index contributed by atoms with van der Waals surface area (Å²) in [5.74, 6) is -1.18. The fraction of sp³-hybridized carbons (Fsp3) is 0.280. The second kappa shape index (κ2) is 14.3. The predicted molar refractivity (Wildman–Crippen MR) is 136 cm³/mol. The second-order valence-electron chi connectivity index (χ2n) is 7.75. The first-order chi connectivity index (χ1) is 18.2. The van der Waals surface area contributed by atoms with Crippen LogP contribution >= 0.6 is 11.8 Å². The van der Waals surface area contributed by atoms with Gasteiger partial charge in [-0.15, -0.1) is 13.2 Å². The van der Waals surface area contributed by atoms with E-state index in [1.807, 2.05) is 0 Å². The van der Waals surface area contributed by atoms with Crippen molar-refractivity contribution in [2.75, 3.05) is 32.1 Å². The van der Waals surface area contributed by atoms with Crippen LogP contribution in [-0.2, 0) is 9.53 Å². The molecule has 202 valence electrons. The average Bonchev–Trinajstić information content (AvgIpc) is 2.89. The highest BCUT2D eigenvalue weighted by molar-refractivity contribution is 7.99. The van der Waals surface area contributed by atoms with Crippen molar-refractivity contribution >= 4 is 29.3 Å². The van der Waals surface area contributed by atoms with Crippen LogP contribution in [-0.4, -0.2) is 55.0 Å². The molecule has 0 aliphatic carbocycles. The molecule has 2 heterocycles. The molecular formula is C25H26F3N5O4S. The molecule has 2 amide bonds. The van der Waals surface area contributed by atoms with Gasteiger partial charge in [-0.2, -0.15) is 0 Å². The Hall–Kier alpha value is -3.68. The third kappa shape index (κ3) is 9.65. The van der Waals surface area contributed by atoms with E-state index in [0.717, 1.165) is 24.1 Å². The monoisotopic (exact) mass is 549 g/mol. The number of thioether (sulfide) groups is 1. The maximum atomic E-state index is 13.0. The number of benzene rings is 1. The highest BCUT2D eigenvalue weighted by Crippen LogP contribution is 2.34. The summed E-state index contributed by atoms with van der Waals surface area (Å²) in [6.45, 7) is 1.29. The Labute approximate surface area is 221 Å². The van der Waals surface area contributed by atoms with Crippen molar-refractivity contribution in [1.82, 2.24) is 20.6 Å². The molecule has 3 N–H and O–H groups in total. The zero-order valence-electron chi connectivity index (χ0n) is 20.3. The van der Waals surface area contributed by atoms with Gasteiger partial charge in [-0.1, -0.05) is 11.8 Å². The van der Waals surface area contributed by atoms with Gasteiger partial charge in [0, 0.05) is 38.0 Å². The summed E-state index contributed by atoms with van der Waals surface area (Å²) in [6.07, 6.45) is 0.655. The van der Waals surface area contributed by atoms with Crippen LogP contribution in [0.3, 0.4) is 0 Å². The van der Waals surface area contributed by atoms with Crippen molar-refractivity contribution in [1.29, 1.82) is 0 Å². The van der Waals surface area contributed by atoms with E-state index in [9.17, 15) is 22.8 Å². The number of nitrogens with zero attached hydrogens (tertiary/aromatic N) is 2. The number of anilines is 1. The van der Waals surface area contributed by atoms with Crippen LogP contribution in [0.25, 0.3) is 0 Å². The van der Waals surface area contributed by atoms with Gasteiger partial charge in [0.05, 0.1) is 12.1 Å². The molecule has 0 saturated carbocycles. The maximum Gasteiger partial charge on any atom is 0.573 e. The molecule has 0 aliphatic heterocycles. The largest absolute Gasteiger partial charge is 0.573 e. The van der Waals surface area contributed by atoms with Crippen LogP contribution < -0.4 is 20.7 Å². The molecule has 9 nitrogen and oxygen atoms in total. The number of halogens is 3. The van der Waals surface area contributed by atoms with Crippen molar-refractivity contribution in [2.24, 2.45) is 0 Å². The van der Waals surface area contributed by atoms with E-state index in [1.54, 1.807) is 43.8 Å². The number of hydrogen-bond donors (Lipinski definition) is 3. The van der Waals surface area contributed by atoms with Crippen LogP contribution in [0, 0.1) is 0 Å². The quantitative estimate of drug-likeness (QED) is 0.166. The zero-order chi connectivity index (χ0) is 27.4. The number of nitrogens with one attached hydrogen (secondary N) is 3. The number of amides is 2. The van der Waals surface area contributed by atoms with E-state index in [4.69, 9.17) is 4.74 Å². The molecule has 0 radical (unpaired) electrons. The molecule has 0 bridgehead atoms. The number of pyridine rings is 2. The van der Waals surface area contributed by atoms with Crippen molar-refractivity contribution in [3.63, 3.8) is 0 Å². The van der Waals surface area contributed by atoms with Crippen molar-refractivity contribution in [3.8, 4) is 5.75 Å². The van der Waals surface area contributed by atoms with Crippen LogP contribution in [0.2, 0.25) is 0 Å². The fourth-order valence-corrected chi connectivity index (χ4v) is 4.28. The van der Waals surface area contributed by atoms with Gasteiger partial charge in [-0.3, -0.25) is 14.6 Å². The van der Waals surface area contributed by atoms with E-state index in [0.29, 0.717) is 18.2 Å². The number of carbonyl (C=O) groups excluding carboxylic acids is 2. The molecule has 38 heavy (non-hydrogen) atoms. The van der Waals surface area contributed by atoms with Gasteiger partial charge in [0.15, 0.2) is 0 Å². The predicted octanol–water partition coefficient (Wildman–Crippen LogP) is 4.16. The van der Waals surface area contributed by atoms with Crippen LogP contribution in [0.1, 0.15) is 27.7 Å². The Kier molecular flexibility index (Phi) is 10.9. The highest BCUT2D eigenvalue weighted by Gasteiger charge is 2.31. The number of rotatable bonds is 13. The molecule has 1 atom stereocenters. The Morgan fingerprint density at radius 3 is 2.47 bits per heavy atom. The highest BCUT2D eigenvalue weighted by atomic mass is 32.2. The normalized spacial score (nSPS) is 12.0. The maximum absolute atomic E-state index is 13.0. The summed E-state index contributed by atoms with van der Waals surface area (Å²) in [4.78, 5) is 34.0. The lowest BCUT2D eigenvalue weighted by Gasteiger charge is -2.20. The minimum Gasteiger partial charge on any atom is -0.406 e. The average molecular weight is 550 g/mol. The Morgan fingerprint density at radius 2 is 1.79 bits per heavy atom. The molecule has 3 rings (SSSR count). The van der Waals surface area contributed by atoms with Crippen LogP contribution in [0.4, 0.5) is 18.9 Å². The number of aromatic nitrogens is 2. The van der Waals surface area contributed by atoms with E-state index >= 15 is 0 Å². The van der Waals surface area contributed by atoms with E-state index < -0.39 is 23.4 Å². The summed E-state index contributed by atoms with van der Waals surface area (Å²) in [5, 5.41) is 8.40. The molecule has 0 fully saturated rings. The smallest absolute Gasteiger partial charge is 0.406 e. The molecule has 13 heteroatoms. The van der Waals surface area contributed by atoms with Gasteiger partial charge in [0.1, 0.15) is 16.1 Å². The number of methoxy groups -OCH3 is 1.